The topological polar surface area (TPSA) is 96.2 Å². The third kappa shape index (κ3) is 6.17. The Bertz CT molecular complexity index is 906. The van der Waals surface area contributed by atoms with Gasteiger partial charge in [0.25, 0.3) is 0 Å². The molecule has 0 saturated carbocycles. The minimum atomic E-state index is -1.14. The molecule has 6 nitrogen and oxygen atoms in total. The second kappa shape index (κ2) is 11.4. The van der Waals surface area contributed by atoms with Crippen molar-refractivity contribution in [3.05, 3.63) is 64.2 Å². The number of methoxy groups -OCH3 is 1. The number of esters is 1. The van der Waals surface area contributed by atoms with Crippen LogP contribution in [0.25, 0.3) is 0 Å². The molecule has 1 saturated heterocycles. The molecule has 0 aliphatic carbocycles. The highest BCUT2D eigenvalue weighted by molar-refractivity contribution is 8.16. The number of hydrogen-bond donors (Lipinski definition) is 4. The summed E-state index contributed by atoms with van der Waals surface area (Å²) in [7, 11) is 0.688. The molecule has 32 heavy (non-hydrogen) atoms. The lowest BCUT2D eigenvalue weighted by Crippen LogP contribution is -2.47. The average Bonchev–Trinajstić information content (AvgIpc) is 2.78. The summed E-state index contributed by atoms with van der Waals surface area (Å²) in [6.45, 7) is 0.437. The lowest BCUT2D eigenvalue weighted by molar-refractivity contribution is -0.140. The van der Waals surface area contributed by atoms with E-state index in [0.717, 1.165) is 22.4 Å². The summed E-state index contributed by atoms with van der Waals surface area (Å²) in [5.74, 6) is 0.982. The molecule has 2 aromatic carbocycles. The monoisotopic (exact) mass is 482 g/mol. The van der Waals surface area contributed by atoms with Crippen LogP contribution in [0.1, 0.15) is 34.8 Å². The molecule has 0 radical (unpaired) electrons. The molecule has 1 aliphatic rings. The Hall–Kier alpha value is -1.77. The van der Waals surface area contributed by atoms with E-state index in [1.807, 2.05) is 48.7 Å². The van der Waals surface area contributed by atoms with Gasteiger partial charge in [-0.05, 0) is 54.0 Å². The second-order valence-corrected chi connectivity index (χ2v) is 11.0. The summed E-state index contributed by atoms with van der Waals surface area (Å²) < 4.78 is 10.3. The summed E-state index contributed by atoms with van der Waals surface area (Å²) in [6.07, 6.45) is 0.550. The molecule has 3 N–H and O–H groups in total. The van der Waals surface area contributed by atoms with E-state index in [2.05, 4.69) is 4.74 Å². The van der Waals surface area contributed by atoms with Crippen molar-refractivity contribution in [2.24, 2.45) is 0 Å². The van der Waals surface area contributed by atoms with E-state index in [1.165, 1.54) is 7.11 Å². The molecule has 1 fully saturated rings. The van der Waals surface area contributed by atoms with Crippen LogP contribution in [0.15, 0.2) is 42.5 Å². The standard InChI is InChI=1S/C24H31ClO6S/c1-30-21(27)4-3-11-31-18-8-5-15(6-9-18)12-17-13-16(7-10-19(17)25)24-23(29)22(28)20(26)14-32(24)2/h5-10,13,20,22-24,26,28-29,32H,3-4,11-12,14H2,1-2H3/t20-,22-,23-,24+/m1/s1. The Kier molecular flexibility index (Phi) is 8.85. The normalized spacial score (nSPS) is 26.5. The maximum absolute atomic E-state index is 11.1. The number of aliphatic hydroxyl groups excluding tert-OH is 3. The van der Waals surface area contributed by atoms with Gasteiger partial charge >= 0.3 is 5.97 Å². The van der Waals surface area contributed by atoms with Crippen molar-refractivity contribution in [2.75, 3.05) is 25.7 Å². The minimum Gasteiger partial charge on any atom is -0.494 e. The van der Waals surface area contributed by atoms with Crippen molar-refractivity contribution in [1.82, 2.24) is 0 Å². The zero-order chi connectivity index (χ0) is 23.3. The van der Waals surface area contributed by atoms with E-state index in [4.69, 9.17) is 16.3 Å². The molecule has 1 heterocycles. The summed E-state index contributed by atoms with van der Waals surface area (Å²) in [5.41, 5.74) is 2.93. The highest BCUT2D eigenvalue weighted by atomic mass is 35.5. The van der Waals surface area contributed by atoms with Gasteiger partial charge in [0.2, 0.25) is 0 Å². The number of benzene rings is 2. The number of thiol groups is 1. The largest absolute Gasteiger partial charge is 0.494 e. The maximum Gasteiger partial charge on any atom is 0.305 e. The highest BCUT2D eigenvalue weighted by Crippen LogP contribution is 2.48. The molecule has 8 heteroatoms. The number of aliphatic hydroxyl groups is 3. The lowest BCUT2D eigenvalue weighted by Gasteiger charge is -2.42. The van der Waals surface area contributed by atoms with E-state index < -0.39 is 29.2 Å². The zero-order valence-electron chi connectivity index (χ0n) is 18.3. The molecule has 0 amide bonds. The summed E-state index contributed by atoms with van der Waals surface area (Å²) in [5, 5.41) is 31.1. The molecule has 0 bridgehead atoms. The number of hydrogen-bond acceptors (Lipinski definition) is 6. The lowest BCUT2D eigenvalue weighted by atomic mass is 9.96. The molecular formula is C24H31ClO6S. The first-order valence-electron chi connectivity index (χ1n) is 10.6. The van der Waals surface area contributed by atoms with Crippen LogP contribution in [0.4, 0.5) is 0 Å². The van der Waals surface area contributed by atoms with Crippen LogP contribution in [0, 0.1) is 0 Å². The number of ether oxygens (including phenoxy) is 2. The SMILES string of the molecule is COC(=O)CCCOc1ccc(Cc2cc([C@H]3[C@H](O)[C@H](O)[C@H](O)C[SH]3C)ccc2Cl)cc1. The molecule has 0 aromatic heterocycles. The van der Waals surface area contributed by atoms with Gasteiger partial charge in [-0.2, -0.15) is 0 Å². The van der Waals surface area contributed by atoms with Gasteiger partial charge in [0.05, 0.1) is 25.9 Å². The quantitative estimate of drug-likeness (QED) is 0.262. The molecule has 2 aromatic rings. The summed E-state index contributed by atoms with van der Waals surface area (Å²) >= 11 is 6.45. The molecular weight excluding hydrogens is 452 g/mol. The Morgan fingerprint density at radius 2 is 1.84 bits per heavy atom. The van der Waals surface area contributed by atoms with E-state index in [9.17, 15) is 20.1 Å². The second-order valence-electron chi connectivity index (χ2n) is 8.13. The van der Waals surface area contributed by atoms with Gasteiger partial charge in [-0.25, -0.2) is 10.9 Å². The van der Waals surface area contributed by atoms with Gasteiger partial charge in [-0.15, -0.1) is 0 Å². The van der Waals surface area contributed by atoms with Gasteiger partial charge in [0.1, 0.15) is 11.9 Å². The van der Waals surface area contributed by atoms with Crippen molar-refractivity contribution in [1.29, 1.82) is 0 Å². The van der Waals surface area contributed by atoms with Crippen LogP contribution < -0.4 is 4.74 Å². The Balaban J connectivity index is 1.66. The van der Waals surface area contributed by atoms with Crippen LogP contribution in [0.3, 0.4) is 0 Å². The summed E-state index contributed by atoms with van der Waals surface area (Å²) in [4.78, 5) is 11.1. The van der Waals surface area contributed by atoms with Crippen LogP contribution in [-0.2, 0) is 16.0 Å². The van der Waals surface area contributed by atoms with E-state index >= 15 is 0 Å². The Morgan fingerprint density at radius 3 is 2.53 bits per heavy atom. The summed E-state index contributed by atoms with van der Waals surface area (Å²) in [6, 6.07) is 13.4. The molecule has 3 rings (SSSR count). The molecule has 5 atom stereocenters. The van der Waals surface area contributed by atoms with Crippen molar-refractivity contribution < 1.29 is 29.6 Å². The van der Waals surface area contributed by atoms with Crippen LogP contribution in [-0.4, -0.2) is 65.3 Å². The van der Waals surface area contributed by atoms with Crippen molar-refractivity contribution in [3.63, 3.8) is 0 Å². The van der Waals surface area contributed by atoms with Crippen molar-refractivity contribution in [3.8, 4) is 5.75 Å². The van der Waals surface area contributed by atoms with Gasteiger partial charge < -0.3 is 24.8 Å². The van der Waals surface area contributed by atoms with Crippen LogP contribution in [0.5, 0.6) is 5.75 Å². The van der Waals surface area contributed by atoms with E-state index in [0.29, 0.717) is 36.6 Å². The predicted octanol–water partition coefficient (Wildman–Crippen LogP) is 3.03. The number of carbonyl (C=O) groups excluding carboxylic acids is 1. The van der Waals surface area contributed by atoms with E-state index in [1.54, 1.807) is 0 Å². The minimum absolute atomic E-state index is 0.208. The first-order chi connectivity index (χ1) is 15.3. The van der Waals surface area contributed by atoms with Gasteiger partial charge in [0, 0.05) is 22.4 Å². The number of halogens is 1. The van der Waals surface area contributed by atoms with Crippen LogP contribution >= 0.6 is 22.5 Å². The molecule has 0 spiro atoms. The van der Waals surface area contributed by atoms with Crippen LogP contribution in [0.2, 0.25) is 5.02 Å². The van der Waals surface area contributed by atoms with Gasteiger partial charge in [-0.3, -0.25) is 4.79 Å². The smallest absolute Gasteiger partial charge is 0.305 e. The Labute approximate surface area is 196 Å². The number of carbonyl (C=O) groups is 1. The number of rotatable bonds is 8. The molecule has 176 valence electrons. The molecule has 1 unspecified atom stereocenters. The fraction of sp³-hybridized carbons (Fsp3) is 0.458. The first-order valence-corrected chi connectivity index (χ1v) is 13.0. The molecule has 1 aliphatic heterocycles. The van der Waals surface area contributed by atoms with E-state index in [-0.39, 0.29) is 11.2 Å². The third-order valence-corrected chi connectivity index (χ3v) is 8.64. The predicted molar refractivity (Wildman–Crippen MR) is 128 cm³/mol. The first kappa shape index (κ1) is 24.9. The van der Waals surface area contributed by atoms with Crippen molar-refractivity contribution >= 4 is 28.5 Å². The maximum atomic E-state index is 11.1. The van der Waals surface area contributed by atoms with Gasteiger partial charge in [0.15, 0.2) is 0 Å². The Morgan fingerprint density at radius 1 is 1.12 bits per heavy atom. The zero-order valence-corrected chi connectivity index (χ0v) is 19.9. The third-order valence-electron chi connectivity index (χ3n) is 5.77. The fourth-order valence-corrected chi connectivity index (χ4v) is 6.57. The van der Waals surface area contributed by atoms with Crippen molar-refractivity contribution in [2.45, 2.75) is 42.8 Å². The average molecular weight is 483 g/mol. The van der Waals surface area contributed by atoms with Gasteiger partial charge in [-0.1, -0.05) is 35.9 Å². The fourth-order valence-electron chi connectivity index (χ4n) is 3.99. The highest BCUT2D eigenvalue weighted by Gasteiger charge is 2.40.